The van der Waals surface area contributed by atoms with Crippen LogP contribution in [0.3, 0.4) is 0 Å². The highest BCUT2D eigenvalue weighted by Crippen LogP contribution is 2.16. The van der Waals surface area contributed by atoms with Crippen molar-refractivity contribution in [1.82, 2.24) is 4.72 Å². The molecule has 0 saturated carbocycles. The minimum atomic E-state index is -3.94. The molecule has 0 atom stereocenters. The average Bonchev–Trinajstić information content (AvgIpc) is 2.15. The van der Waals surface area contributed by atoms with Gasteiger partial charge in [0.1, 0.15) is 4.90 Å². The van der Waals surface area contributed by atoms with Gasteiger partial charge in [-0.1, -0.05) is 12.1 Å². The zero-order valence-corrected chi connectivity index (χ0v) is 8.47. The lowest BCUT2D eigenvalue weighted by Crippen LogP contribution is -2.29. The molecule has 0 bridgehead atoms. The summed E-state index contributed by atoms with van der Waals surface area (Å²) in [6.07, 6.45) is -2.73. The van der Waals surface area contributed by atoms with Crippen molar-refractivity contribution in [1.29, 1.82) is 0 Å². The summed E-state index contributed by atoms with van der Waals surface area (Å²) in [5.74, 6) is 0. The molecule has 0 fully saturated rings. The van der Waals surface area contributed by atoms with E-state index in [0.717, 1.165) is 0 Å². The van der Waals surface area contributed by atoms with Crippen molar-refractivity contribution in [3.8, 4) is 0 Å². The summed E-state index contributed by atoms with van der Waals surface area (Å²) in [6.45, 7) is -0.920. The summed E-state index contributed by atoms with van der Waals surface area (Å²) in [5, 5.41) is 0. The topological polar surface area (TPSA) is 72.2 Å². The van der Waals surface area contributed by atoms with Gasteiger partial charge in [0.25, 0.3) is 6.43 Å². The molecule has 0 spiro atoms. The van der Waals surface area contributed by atoms with Gasteiger partial charge in [0, 0.05) is 0 Å². The highest BCUT2D eigenvalue weighted by Gasteiger charge is 2.18. The molecular weight excluding hydrogens is 226 g/mol. The third kappa shape index (κ3) is 3.14. The maximum atomic E-state index is 11.8. The summed E-state index contributed by atoms with van der Waals surface area (Å²) >= 11 is 0. The number of anilines is 1. The molecule has 1 aromatic rings. The van der Waals surface area contributed by atoms with E-state index in [1.165, 1.54) is 18.2 Å². The number of para-hydroxylation sites is 1. The maximum absolute atomic E-state index is 11.8. The second kappa shape index (κ2) is 4.54. The lowest BCUT2D eigenvalue weighted by atomic mass is 10.3. The van der Waals surface area contributed by atoms with E-state index >= 15 is 0 Å². The number of nitrogen functional groups attached to an aromatic ring is 1. The Morgan fingerprint density at radius 1 is 1.33 bits per heavy atom. The molecule has 0 amide bonds. The van der Waals surface area contributed by atoms with Crippen molar-refractivity contribution < 1.29 is 17.2 Å². The second-order valence-corrected chi connectivity index (χ2v) is 4.52. The number of sulfonamides is 1. The predicted octanol–water partition coefficient (Wildman–Crippen LogP) is 0.812. The highest BCUT2D eigenvalue weighted by molar-refractivity contribution is 7.89. The summed E-state index contributed by atoms with van der Waals surface area (Å²) in [6, 6.07) is 5.66. The van der Waals surface area contributed by atoms with Gasteiger partial charge < -0.3 is 5.73 Å². The van der Waals surface area contributed by atoms with Gasteiger partial charge >= 0.3 is 0 Å². The summed E-state index contributed by atoms with van der Waals surface area (Å²) in [4.78, 5) is -0.189. The van der Waals surface area contributed by atoms with E-state index in [0.29, 0.717) is 0 Å². The Bertz CT molecular complexity index is 434. The summed E-state index contributed by atoms with van der Waals surface area (Å²) < 4.78 is 48.3. The van der Waals surface area contributed by atoms with Crippen LogP contribution >= 0.6 is 0 Å². The number of hydrogen-bond donors (Lipinski definition) is 2. The van der Waals surface area contributed by atoms with Crippen molar-refractivity contribution in [2.45, 2.75) is 11.3 Å². The van der Waals surface area contributed by atoms with Gasteiger partial charge in [0.2, 0.25) is 10.0 Å². The van der Waals surface area contributed by atoms with Gasteiger partial charge in [-0.05, 0) is 12.1 Å². The van der Waals surface area contributed by atoms with Crippen LogP contribution in [-0.4, -0.2) is 21.4 Å². The van der Waals surface area contributed by atoms with E-state index in [9.17, 15) is 17.2 Å². The Kier molecular flexibility index (Phi) is 3.59. The van der Waals surface area contributed by atoms with Crippen LogP contribution in [0.15, 0.2) is 29.2 Å². The SMILES string of the molecule is Nc1ccccc1S(=O)(=O)NCC(F)F. The molecule has 0 saturated heterocycles. The van der Waals surface area contributed by atoms with Crippen LogP contribution in [0.4, 0.5) is 14.5 Å². The Morgan fingerprint density at radius 3 is 2.47 bits per heavy atom. The number of benzene rings is 1. The molecule has 0 aliphatic rings. The van der Waals surface area contributed by atoms with E-state index in [1.54, 1.807) is 10.8 Å². The minimum Gasteiger partial charge on any atom is -0.398 e. The number of nitrogens with two attached hydrogens (primary N) is 1. The van der Waals surface area contributed by atoms with Crippen molar-refractivity contribution in [2.75, 3.05) is 12.3 Å². The van der Waals surface area contributed by atoms with Crippen LogP contribution < -0.4 is 10.5 Å². The van der Waals surface area contributed by atoms with Gasteiger partial charge in [-0.2, -0.15) is 0 Å². The molecule has 84 valence electrons. The summed E-state index contributed by atoms with van der Waals surface area (Å²) in [5.41, 5.74) is 5.43. The Morgan fingerprint density at radius 2 is 1.93 bits per heavy atom. The van der Waals surface area contributed by atoms with E-state index < -0.39 is 23.0 Å². The van der Waals surface area contributed by atoms with E-state index in [2.05, 4.69) is 0 Å². The average molecular weight is 236 g/mol. The van der Waals surface area contributed by atoms with E-state index in [-0.39, 0.29) is 10.6 Å². The zero-order chi connectivity index (χ0) is 11.5. The predicted molar refractivity (Wildman–Crippen MR) is 52.0 cm³/mol. The molecule has 0 heterocycles. The standard InChI is InChI=1S/C8H10F2N2O2S/c9-8(10)5-12-15(13,14)7-4-2-1-3-6(7)11/h1-4,8,12H,5,11H2. The Balaban J connectivity index is 2.92. The monoisotopic (exact) mass is 236 g/mol. The van der Waals surface area contributed by atoms with Gasteiger partial charge in [-0.15, -0.1) is 0 Å². The van der Waals surface area contributed by atoms with Crippen molar-refractivity contribution in [2.24, 2.45) is 0 Å². The molecule has 0 aromatic heterocycles. The third-order valence-electron chi connectivity index (χ3n) is 1.64. The molecule has 15 heavy (non-hydrogen) atoms. The van der Waals surface area contributed by atoms with Gasteiger partial charge in [0.05, 0.1) is 12.2 Å². The fourth-order valence-corrected chi connectivity index (χ4v) is 2.11. The van der Waals surface area contributed by atoms with Crippen molar-refractivity contribution >= 4 is 15.7 Å². The van der Waals surface area contributed by atoms with Crippen LogP contribution in [0.25, 0.3) is 0 Å². The first kappa shape index (κ1) is 11.9. The lowest BCUT2D eigenvalue weighted by molar-refractivity contribution is 0.153. The van der Waals surface area contributed by atoms with Crippen LogP contribution in [0, 0.1) is 0 Å². The van der Waals surface area contributed by atoms with E-state index in [4.69, 9.17) is 5.73 Å². The number of hydrogen-bond acceptors (Lipinski definition) is 3. The fraction of sp³-hybridized carbons (Fsp3) is 0.250. The molecule has 4 nitrogen and oxygen atoms in total. The lowest BCUT2D eigenvalue weighted by Gasteiger charge is -2.07. The van der Waals surface area contributed by atoms with Crippen LogP contribution in [0.5, 0.6) is 0 Å². The number of alkyl halides is 2. The fourth-order valence-electron chi connectivity index (χ4n) is 0.976. The number of rotatable bonds is 4. The zero-order valence-electron chi connectivity index (χ0n) is 7.65. The quantitative estimate of drug-likeness (QED) is 0.760. The Labute approximate surface area is 86.1 Å². The molecule has 1 aromatic carbocycles. The van der Waals surface area contributed by atoms with Gasteiger partial charge in [0.15, 0.2) is 0 Å². The Hall–Kier alpha value is -1.21. The normalized spacial score (nSPS) is 11.9. The third-order valence-corrected chi connectivity index (χ3v) is 3.13. The molecule has 3 N–H and O–H groups in total. The van der Waals surface area contributed by atoms with Crippen LogP contribution in [0.2, 0.25) is 0 Å². The first-order valence-electron chi connectivity index (χ1n) is 4.06. The van der Waals surface area contributed by atoms with Crippen molar-refractivity contribution in [3.63, 3.8) is 0 Å². The van der Waals surface area contributed by atoms with Crippen molar-refractivity contribution in [3.05, 3.63) is 24.3 Å². The number of halogens is 2. The molecular formula is C8H10F2N2O2S. The molecule has 0 aliphatic heterocycles. The smallest absolute Gasteiger partial charge is 0.251 e. The molecule has 0 unspecified atom stereocenters. The largest absolute Gasteiger partial charge is 0.398 e. The van der Waals surface area contributed by atoms with E-state index in [1.807, 2.05) is 0 Å². The first-order valence-corrected chi connectivity index (χ1v) is 5.54. The molecule has 0 aliphatic carbocycles. The number of nitrogens with one attached hydrogen (secondary N) is 1. The first-order chi connectivity index (χ1) is 6.93. The second-order valence-electron chi connectivity index (χ2n) is 2.78. The van der Waals surface area contributed by atoms with Gasteiger partial charge in [-0.3, -0.25) is 0 Å². The maximum Gasteiger partial charge on any atom is 0.251 e. The van der Waals surface area contributed by atoms with Gasteiger partial charge in [-0.25, -0.2) is 21.9 Å². The minimum absolute atomic E-state index is 0.0271. The van der Waals surface area contributed by atoms with Crippen LogP contribution in [-0.2, 0) is 10.0 Å². The molecule has 7 heteroatoms. The van der Waals surface area contributed by atoms with Crippen LogP contribution in [0.1, 0.15) is 0 Å². The molecule has 0 radical (unpaired) electrons. The summed E-state index contributed by atoms with van der Waals surface area (Å²) in [7, 11) is -3.94. The highest BCUT2D eigenvalue weighted by atomic mass is 32.2. The molecule has 1 rings (SSSR count).